The second kappa shape index (κ2) is 15.5. The van der Waals surface area contributed by atoms with E-state index in [0.717, 1.165) is 67.4 Å². The lowest BCUT2D eigenvalue weighted by Gasteiger charge is -2.22. The van der Waals surface area contributed by atoms with Gasteiger partial charge in [-0.2, -0.15) is 0 Å². The molecule has 1 fully saturated rings. The van der Waals surface area contributed by atoms with Crippen molar-refractivity contribution in [2.45, 2.75) is 52.1 Å². The van der Waals surface area contributed by atoms with Crippen molar-refractivity contribution in [3.63, 3.8) is 0 Å². The van der Waals surface area contributed by atoms with Gasteiger partial charge in [-0.05, 0) is 94.0 Å². The molecule has 10 rings (SSSR count). The first-order valence-corrected chi connectivity index (χ1v) is 22.2. The van der Waals surface area contributed by atoms with Crippen molar-refractivity contribution in [3.05, 3.63) is 99.4 Å². The molecule has 3 atom stereocenters. The number of aromatic nitrogens is 4. The van der Waals surface area contributed by atoms with Crippen LogP contribution in [0.25, 0.3) is 46.4 Å². The number of pyridine rings is 2. The van der Waals surface area contributed by atoms with Crippen molar-refractivity contribution in [3.8, 4) is 0 Å². The highest BCUT2D eigenvalue weighted by Crippen LogP contribution is 2.42. The molecule has 8 nitrogen and oxygen atoms in total. The zero-order valence-corrected chi connectivity index (χ0v) is 34.6. The van der Waals surface area contributed by atoms with E-state index >= 15 is 0 Å². The molecule has 8 aromatic rings. The van der Waals surface area contributed by atoms with Crippen LogP contribution in [0.1, 0.15) is 49.8 Å². The van der Waals surface area contributed by atoms with Gasteiger partial charge in [0.15, 0.2) is 11.6 Å². The summed E-state index contributed by atoms with van der Waals surface area (Å²) in [4.78, 5) is 26.9. The van der Waals surface area contributed by atoms with Gasteiger partial charge in [-0.1, -0.05) is 19.9 Å². The summed E-state index contributed by atoms with van der Waals surface area (Å²) in [6, 6.07) is 16.6. The number of likely N-dealkylation sites (N-methyl/N-ethyl adjacent to an activating group) is 2. The molecule has 0 spiro atoms. The molecule has 3 unspecified atom stereocenters. The van der Waals surface area contributed by atoms with E-state index in [1.807, 2.05) is 24.3 Å². The third-order valence-electron chi connectivity index (χ3n) is 11.2. The Morgan fingerprint density at radius 2 is 1.30 bits per heavy atom. The lowest BCUT2D eigenvalue weighted by Crippen LogP contribution is -2.28. The van der Waals surface area contributed by atoms with Crippen molar-refractivity contribution in [1.82, 2.24) is 29.7 Å². The van der Waals surface area contributed by atoms with Crippen molar-refractivity contribution >= 4 is 115 Å². The maximum atomic E-state index is 14.8. The Morgan fingerprint density at radius 1 is 0.714 bits per heavy atom. The number of nitrogens with one attached hydrogen (secondary N) is 2. The summed E-state index contributed by atoms with van der Waals surface area (Å²) < 4.78 is 31.4. The Hall–Kier alpha value is -4.44. The maximum Gasteiger partial charge on any atom is 0.173 e. The molecular weight excluding hydrogens is 783 g/mol. The highest BCUT2D eigenvalue weighted by molar-refractivity contribution is 7.20. The first-order chi connectivity index (χ1) is 27.3. The smallest absolute Gasteiger partial charge is 0.173 e. The average Bonchev–Trinajstić information content (AvgIpc) is 4.06. The number of halogens is 2. The fraction of sp³-hybridized carbons (Fsp3) is 0.286. The Morgan fingerprint density at radius 3 is 1.88 bits per heavy atom. The molecule has 56 heavy (non-hydrogen) atoms. The van der Waals surface area contributed by atoms with Crippen molar-refractivity contribution in [1.29, 1.82) is 0 Å². The van der Waals surface area contributed by atoms with E-state index < -0.39 is 0 Å². The number of anilines is 4. The summed E-state index contributed by atoms with van der Waals surface area (Å²) in [5.41, 5.74) is 8.17. The molecule has 1 saturated heterocycles. The summed E-state index contributed by atoms with van der Waals surface area (Å²) in [5.74, 6) is -0.0814. The largest absolute Gasteiger partial charge is 0.352 e. The van der Waals surface area contributed by atoms with Gasteiger partial charge in [-0.25, -0.2) is 28.7 Å². The van der Waals surface area contributed by atoms with Gasteiger partial charge in [0.1, 0.15) is 20.7 Å². The molecule has 14 heteroatoms. The first-order valence-electron chi connectivity index (χ1n) is 18.8. The van der Waals surface area contributed by atoms with Crippen molar-refractivity contribution in [2.24, 2.45) is 0 Å². The number of thiophene rings is 2. The molecular formula is C42H40F2N8S4. The van der Waals surface area contributed by atoms with E-state index in [4.69, 9.17) is 0 Å². The lowest BCUT2D eigenvalue weighted by molar-refractivity contribution is 0.274. The van der Waals surface area contributed by atoms with Crippen molar-refractivity contribution < 1.29 is 8.78 Å². The van der Waals surface area contributed by atoms with Crippen molar-refractivity contribution in [2.75, 3.05) is 36.8 Å². The zero-order valence-electron chi connectivity index (χ0n) is 31.3. The van der Waals surface area contributed by atoms with Gasteiger partial charge in [0.25, 0.3) is 0 Å². The highest BCUT2D eigenvalue weighted by atomic mass is 32.1. The van der Waals surface area contributed by atoms with E-state index in [0.29, 0.717) is 40.4 Å². The second-order valence-corrected chi connectivity index (χ2v) is 18.0. The third-order valence-corrected chi connectivity index (χ3v) is 15.1. The molecule has 2 aromatic carbocycles. The molecule has 2 N–H and O–H groups in total. The number of fused-ring (bicyclic) bond motifs is 4. The number of benzene rings is 2. The van der Waals surface area contributed by atoms with Crippen LogP contribution in [-0.4, -0.2) is 68.0 Å². The lowest BCUT2D eigenvalue weighted by atomic mass is 9.99. The average molecular weight is 823 g/mol. The normalized spacial score (nSPS) is 19.0. The summed E-state index contributed by atoms with van der Waals surface area (Å²) >= 11 is 6.34. The molecule has 0 aliphatic carbocycles. The SMILES string of the molecule is CCN1CC=C(c2cc3c(Nc4ccc5scnc5c4F)ccnc3s2)C1C.CCN1CCC(c2cc3c(Nc4ccc5scnc5c4F)ccnc3s2)C1C. The minimum atomic E-state index is -0.315. The molecule has 2 aliphatic heterocycles. The standard InChI is InChI=1S/C21H21FN4S2.C21H19FN4S2/c2*1-3-26-9-7-13(12(26)2)18-10-14-15(6-8-23-21(14)28-18)25-16-4-5-17-20(19(16)22)24-11-27-17/h4-6,8,10-13H,3,7,9H2,1-2H3,(H,23,25);4-8,10-12H,3,9H2,1-2H3,(H,23,25). The monoisotopic (exact) mass is 822 g/mol. The molecule has 0 radical (unpaired) electrons. The fourth-order valence-corrected chi connectivity index (χ4v) is 11.8. The number of rotatable bonds is 8. The van der Waals surface area contributed by atoms with E-state index in [2.05, 4.69) is 86.3 Å². The molecule has 0 amide bonds. The number of hydrogen-bond acceptors (Lipinski definition) is 12. The molecule has 8 heterocycles. The molecule has 6 aromatic heterocycles. The Bertz CT molecular complexity index is 2730. The van der Waals surface area contributed by atoms with Crippen LogP contribution in [0.4, 0.5) is 31.5 Å². The minimum absolute atomic E-state index is 0.304. The van der Waals surface area contributed by atoms with Gasteiger partial charge in [0, 0.05) is 57.5 Å². The van der Waals surface area contributed by atoms with Crippen LogP contribution in [0.3, 0.4) is 0 Å². The van der Waals surface area contributed by atoms with E-state index in [9.17, 15) is 8.78 Å². The number of nitrogens with zero attached hydrogens (tertiary/aromatic N) is 6. The first kappa shape index (κ1) is 37.2. The van der Waals surface area contributed by atoms with E-state index in [1.54, 1.807) is 58.2 Å². The molecule has 2 aliphatic rings. The van der Waals surface area contributed by atoms with E-state index in [1.165, 1.54) is 44.4 Å². The summed E-state index contributed by atoms with van der Waals surface area (Å²) in [5, 5.41) is 8.61. The zero-order chi connectivity index (χ0) is 38.5. The Kier molecular flexibility index (Phi) is 10.3. The van der Waals surface area contributed by atoms with Gasteiger partial charge in [-0.3, -0.25) is 4.90 Å². The molecule has 0 bridgehead atoms. The van der Waals surface area contributed by atoms with Gasteiger partial charge in [0.05, 0.1) is 43.2 Å². The van der Waals surface area contributed by atoms with Crippen LogP contribution >= 0.6 is 45.3 Å². The van der Waals surface area contributed by atoms with E-state index in [-0.39, 0.29) is 11.6 Å². The quantitative estimate of drug-likeness (QED) is 0.157. The topological polar surface area (TPSA) is 82.1 Å². The molecule has 286 valence electrons. The Balaban J connectivity index is 0.000000146. The third kappa shape index (κ3) is 6.75. The fourth-order valence-electron chi connectivity index (χ4n) is 8.00. The predicted octanol–water partition coefficient (Wildman–Crippen LogP) is 11.9. The summed E-state index contributed by atoms with van der Waals surface area (Å²) in [6.45, 7) is 13.2. The van der Waals surface area contributed by atoms with Gasteiger partial charge in [0.2, 0.25) is 0 Å². The molecule has 0 saturated carbocycles. The van der Waals surface area contributed by atoms with Gasteiger partial charge < -0.3 is 15.5 Å². The van der Waals surface area contributed by atoms with Crippen LogP contribution in [-0.2, 0) is 0 Å². The van der Waals surface area contributed by atoms with Crippen LogP contribution < -0.4 is 10.6 Å². The number of hydrogen-bond donors (Lipinski definition) is 2. The number of thiazole rings is 2. The van der Waals surface area contributed by atoms with Gasteiger partial charge in [-0.15, -0.1) is 45.3 Å². The summed E-state index contributed by atoms with van der Waals surface area (Å²) in [7, 11) is 0. The van der Waals surface area contributed by atoms with Crippen LogP contribution in [0, 0.1) is 11.6 Å². The minimum Gasteiger partial charge on any atom is -0.352 e. The van der Waals surface area contributed by atoms with Crippen LogP contribution in [0.5, 0.6) is 0 Å². The second-order valence-electron chi connectivity index (χ2n) is 14.1. The van der Waals surface area contributed by atoms with Crippen LogP contribution in [0.15, 0.2) is 78.0 Å². The number of likely N-dealkylation sites (tertiary alicyclic amines) is 1. The maximum absolute atomic E-state index is 14.8. The Labute approximate surface area is 339 Å². The van der Waals surface area contributed by atoms with Crippen LogP contribution in [0.2, 0.25) is 0 Å². The summed E-state index contributed by atoms with van der Waals surface area (Å²) in [6.07, 6.45) is 7.05. The van der Waals surface area contributed by atoms with Gasteiger partial charge >= 0.3 is 0 Å². The predicted molar refractivity (Wildman–Crippen MR) is 234 cm³/mol. The highest BCUT2D eigenvalue weighted by Gasteiger charge is 2.32.